The minimum atomic E-state index is -4.37. The van der Waals surface area contributed by atoms with Gasteiger partial charge in [-0.3, -0.25) is 4.55 Å². The molecular formula is C16H14N2O3S. The molecular weight excluding hydrogens is 300 g/mol. The van der Waals surface area contributed by atoms with Crippen LogP contribution in [0.15, 0.2) is 65.7 Å². The van der Waals surface area contributed by atoms with E-state index in [0.717, 1.165) is 5.56 Å². The maximum atomic E-state index is 11.6. The van der Waals surface area contributed by atoms with Gasteiger partial charge in [0.25, 0.3) is 0 Å². The third-order valence-corrected chi connectivity index (χ3v) is 4.05. The van der Waals surface area contributed by atoms with Crippen LogP contribution >= 0.6 is 0 Å². The molecule has 0 aliphatic rings. The Morgan fingerprint density at radius 3 is 2.14 bits per heavy atom. The molecule has 2 N–H and O–H groups in total. The normalized spacial score (nSPS) is 11.5. The lowest BCUT2D eigenvalue weighted by atomic mass is 10.1. The van der Waals surface area contributed by atoms with Gasteiger partial charge in [0, 0.05) is 12.0 Å². The first-order valence-corrected chi connectivity index (χ1v) is 8.14. The van der Waals surface area contributed by atoms with Gasteiger partial charge in [-0.1, -0.05) is 60.7 Å². The molecule has 0 unspecified atom stereocenters. The van der Waals surface area contributed by atoms with E-state index in [-0.39, 0.29) is 10.7 Å². The highest BCUT2D eigenvalue weighted by atomic mass is 32.2. The Kier molecular flexibility index (Phi) is 3.79. The largest absolute Gasteiger partial charge is 0.330 e. The van der Waals surface area contributed by atoms with Crippen molar-refractivity contribution in [3.8, 4) is 11.3 Å². The molecule has 112 valence electrons. The summed E-state index contributed by atoms with van der Waals surface area (Å²) in [4.78, 5) is 7.07. The Hall–Kier alpha value is -2.44. The number of nitrogens with one attached hydrogen (secondary N) is 1. The zero-order chi connectivity index (χ0) is 15.6. The summed E-state index contributed by atoms with van der Waals surface area (Å²) in [6.07, 6.45) is 0.455. The topological polar surface area (TPSA) is 83.0 Å². The number of rotatable bonds is 4. The number of nitrogens with zero attached hydrogens (tertiary/aromatic N) is 1. The zero-order valence-electron chi connectivity index (χ0n) is 11.6. The van der Waals surface area contributed by atoms with Gasteiger partial charge in [-0.15, -0.1) is 0 Å². The highest BCUT2D eigenvalue weighted by molar-refractivity contribution is 7.85. The molecule has 22 heavy (non-hydrogen) atoms. The van der Waals surface area contributed by atoms with Crippen molar-refractivity contribution in [2.24, 2.45) is 0 Å². The van der Waals surface area contributed by atoms with Crippen molar-refractivity contribution in [2.45, 2.75) is 11.4 Å². The molecule has 3 rings (SSSR count). The van der Waals surface area contributed by atoms with Crippen LogP contribution in [0.5, 0.6) is 0 Å². The molecule has 0 radical (unpaired) electrons. The Labute approximate surface area is 128 Å². The molecule has 1 heterocycles. The number of imidazole rings is 1. The van der Waals surface area contributed by atoms with Crippen LogP contribution in [-0.4, -0.2) is 22.9 Å². The van der Waals surface area contributed by atoms with Gasteiger partial charge < -0.3 is 4.98 Å². The molecule has 0 aliphatic heterocycles. The molecule has 2 aromatic carbocycles. The van der Waals surface area contributed by atoms with Crippen molar-refractivity contribution in [2.75, 3.05) is 0 Å². The van der Waals surface area contributed by atoms with Crippen LogP contribution in [0.25, 0.3) is 11.3 Å². The molecule has 0 fully saturated rings. The fourth-order valence-electron chi connectivity index (χ4n) is 2.26. The summed E-state index contributed by atoms with van der Waals surface area (Å²) in [5, 5.41) is -0.273. The number of hydrogen-bond donors (Lipinski definition) is 2. The third kappa shape index (κ3) is 3.08. The van der Waals surface area contributed by atoms with Gasteiger partial charge in [0.05, 0.1) is 0 Å². The predicted molar refractivity (Wildman–Crippen MR) is 83.1 cm³/mol. The average Bonchev–Trinajstić information content (AvgIpc) is 2.93. The first-order valence-electron chi connectivity index (χ1n) is 6.70. The number of aromatic amines is 1. The van der Waals surface area contributed by atoms with E-state index in [1.165, 1.54) is 0 Å². The molecule has 5 nitrogen and oxygen atoms in total. The number of aromatic nitrogens is 2. The van der Waals surface area contributed by atoms with Crippen molar-refractivity contribution in [1.82, 2.24) is 9.97 Å². The van der Waals surface area contributed by atoms with E-state index in [1.54, 1.807) is 24.3 Å². The summed E-state index contributed by atoms with van der Waals surface area (Å²) in [6, 6.07) is 18.5. The fourth-order valence-corrected chi connectivity index (χ4v) is 2.91. The molecule has 3 aromatic rings. The highest BCUT2D eigenvalue weighted by Crippen LogP contribution is 2.25. The van der Waals surface area contributed by atoms with E-state index in [1.807, 2.05) is 36.4 Å². The van der Waals surface area contributed by atoms with Crippen LogP contribution in [0.2, 0.25) is 0 Å². The lowest BCUT2D eigenvalue weighted by Crippen LogP contribution is -2.01. The first kappa shape index (κ1) is 14.5. The molecule has 0 spiro atoms. The van der Waals surface area contributed by atoms with Gasteiger partial charge >= 0.3 is 10.1 Å². The highest BCUT2D eigenvalue weighted by Gasteiger charge is 2.22. The summed E-state index contributed by atoms with van der Waals surface area (Å²) < 4.78 is 32.6. The monoisotopic (exact) mass is 314 g/mol. The number of benzene rings is 2. The quantitative estimate of drug-likeness (QED) is 0.725. The summed E-state index contributed by atoms with van der Waals surface area (Å²) in [6.45, 7) is 0. The number of hydrogen-bond acceptors (Lipinski definition) is 3. The van der Waals surface area contributed by atoms with E-state index in [9.17, 15) is 13.0 Å². The van der Waals surface area contributed by atoms with Crippen LogP contribution in [0.4, 0.5) is 0 Å². The Bertz CT molecular complexity index is 872. The smallest absolute Gasteiger partial charge is 0.312 e. The predicted octanol–water partition coefficient (Wildman–Crippen LogP) is 2.91. The van der Waals surface area contributed by atoms with E-state index in [4.69, 9.17) is 0 Å². The van der Waals surface area contributed by atoms with E-state index in [2.05, 4.69) is 9.97 Å². The second kappa shape index (κ2) is 5.75. The standard InChI is InChI=1S/C16H14N2O3S/c19-22(20,21)16-15(13-9-5-2-6-10-13)17-14(18-16)11-12-7-3-1-4-8-12/h1-10H,11H2,(H,17,18)(H,19,20,21). The van der Waals surface area contributed by atoms with Gasteiger partial charge in [0.1, 0.15) is 11.5 Å². The molecule has 0 saturated carbocycles. The maximum Gasteiger partial charge on any atom is 0.312 e. The molecule has 0 atom stereocenters. The summed E-state index contributed by atoms with van der Waals surface area (Å²) in [7, 11) is -4.37. The molecule has 0 amide bonds. The molecule has 0 aliphatic carbocycles. The lowest BCUT2D eigenvalue weighted by Gasteiger charge is -1.98. The summed E-state index contributed by atoms with van der Waals surface area (Å²) in [5.41, 5.74) is 1.86. The molecule has 6 heteroatoms. The summed E-state index contributed by atoms with van der Waals surface area (Å²) in [5.74, 6) is 0.484. The van der Waals surface area contributed by atoms with E-state index < -0.39 is 10.1 Å². The van der Waals surface area contributed by atoms with Gasteiger partial charge in [-0.2, -0.15) is 8.42 Å². The number of H-pyrrole nitrogens is 1. The van der Waals surface area contributed by atoms with Crippen molar-refractivity contribution in [3.05, 3.63) is 72.1 Å². The Morgan fingerprint density at radius 2 is 1.55 bits per heavy atom. The minimum absolute atomic E-state index is 0.231. The van der Waals surface area contributed by atoms with Crippen molar-refractivity contribution in [3.63, 3.8) is 0 Å². The Balaban J connectivity index is 2.06. The maximum absolute atomic E-state index is 11.6. The van der Waals surface area contributed by atoms with E-state index >= 15 is 0 Å². The second-order valence-electron chi connectivity index (χ2n) is 4.86. The first-order chi connectivity index (χ1) is 10.5. The van der Waals surface area contributed by atoms with Crippen LogP contribution in [0.1, 0.15) is 11.4 Å². The fraction of sp³-hybridized carbons (Fsp3) is 0.0625. The minimum Gasteiger partial charge on any atom is -0.330 e. The van der Waals surface area contributed by atoms with Gasteiger partial charge in [-0.25, -0.2) is 4.98 Å². The van der Waals surface area contributed by atoms with Crippen molar-refractivity contribution < 1.29 is 13.0 Å². The second-order valence-corrected chi connectivity index (χ2v) is 6.22. The van der Waals surface area contributed by atoms with Crippen molar-refractivity contribution >= 4 is 10.1 Å². The molecule has 0 bridgehead atoms. The van der Waals surface area contributed by atoms with Crippen LogP contribution in [0, 0.1) is 0 Å². The Morgan fingerprint density at radius 1 is 0.955 bits per heavy atom. The SMILES string of the molecule is O=S(=O)(O)c1[nH]c(Cc2ccccc2)nc1-c1ccccc1. The average molecular weight is 314 g/mol. The lowest BCUT2D eigenvalue weighted by molar-refractivity contribution is 0.480. The zero-order valence-corrected chi connectivity index (χ0v) is 12.4. The van der Waals surface area contributed by atoms with Gasteiger partial charge in [0.15, 0.2) is 5.03 Å². The van der Waals surface area contributed by atoms with E-state index in [0.29, 0.717) is 17.8 Å². The van der Waals surface area contributed by atoms with Gasteiger partial charge in [0.2, 0.25) is 0 Å². The van der Waals surface area contributed by atoms with Crippen LogP contribution in [-0.2, 0) is 16.5 Å². The summed E-state index contributed by atoms with van der Waals surface area (Å²) >= 11 is 0. The van der Waals surface area contributed by atoms with Crippen molar-refractivity contribution in [1.29, 1.82) is 0 Å². The molecule has 0 saturated heterocycles. The van der Waals surface area contributed by atoms with Crippen LogP contribution < -0.4 is 0 Å². The van der Waals surface area contributed by atoms with Gasteiger partial charge in [-0.05, 0) is 5.56 Å². The van der Waals surface area contributed by atoms with Crippen LogP contribution in [0.3, 0.4) is 0 Å². The molecule has 1 aromatic heterocycles. The third-order valence-electron chi connectivity index (χ3n) is 3.24.